The fraction of sp³-hybridized carbons (Fsp3) is 0.0769. The van der Waals surface area contributed by atoms with Gasteiger partial charge in [0.15, 0.2) is 0 Å². The van der Waals surface area contributed by atoms with Crippen molar-refractivity contribution < 1.29 is 4.92 Å². The summed E-state index contributed by atoms with van der Waals surface area (Å²) in [7, 11) is 0. The molecule has 0 unspecified atom stereocenters. The topological polar surface area (TPSA) is 81.2 Å². The molecule has 21 heavy (non-hydrogen) atoms. The first-order valence-corrected chi connectivity index (χ1v) is 7.57. The minimum Gasteiger partial charge on any atom is -0.318 e. The summed E-state index contributed by atoms with van der Waals surface area (Å²) < 4.78 is 0. The quantitative estimate of drug-likeness (QED) is 0.362. The van der Waals surface area contributed by atoms with Gasteiger partial charge in [0.1, 0.15) is 5.69 Å². The van der Waals surface area contributed by atoms with E-state index in [1.165, 1.54) is 17.8 Å². The van der Waals surface area contributed by atoms with Crippen LogP contribution < -0.4 is 11.3 Å². The zero-order valence-electron chi connectivity index (χ0n) is 10.7. The summed E-state index contributed by atoms with van der Waals surface area (Å²) in [6.45, 7) is 0. The van der Waals surface area contributed by atoms with Crippen LogP contribution in [0, 0.1) is 10.1 Å². The summed E-state index contributed by atoms with van der Waals surface area (Å²) in [5.41, 5.74) is 3.31. The number of hydrazine groups is 1. The van der Waals surface area contributed by atoms with E-state index < -0.39 is 4.92 Å². The minimum atomic E-state index is -0.476. The number of thioether (sulfide) groups is 1. The number of nitro benzene ring substituents is 1. The van der Waals surface area contributed by atoms with E-state index in [4.69, 9.17) is 29.0 Å². The Labute approximate surface area is 135 Å². The summed E-state index contributed by atoms with van der Waals surface area (Å²) in [5.74, 6) is 5.78. The van der Waals surface area contributed by atoms with E-state index in [2.05, 4.69) is 5.43 Å². The number of nitro groups is 1. The maximum atomic E-state index is 11.0. The van der Waals surface area contributed by atoms with E-state index in [0.717, 1.165) is 10.5 Å². The van der Waals surface area contributed by atoms with Crippen molar-refractivity contribution in [1.82, 2.24) is 0 Å². The van der Waals surface area contributed by atoms with Gasteiger partial charge in [0.2, 0.25) is 0 Å². The third kappa shape index (κ3) is 4.01. The summed E-state index contributed by atoms with van der Waals surface area (Å²) in [6.07, 6.45) is 0. The van der Waals surface area contributed by atoms with Crippen LogP contribution in [0.25, 0.3) is 0 Å². The van der Waals surface area contributed by atoms with Crippen LogP contribution >= 0.6 is 35.0 Å². The van der Waals surface area contributed by atoms with Crippen LogP contribution in [0.1, 0.15) is 5.56 Å². The number of nitrogens with zero attached hydrogens (tertiary/aromatic N) is 1. The molecule has 0 bridgehead atoms. The number of benzene rings is 2. The summed E-state index contributed by atoms with van der Waals surface area (Å²) in [4.78, 5) is 11.3. The molecule has 2 rings (SSSR count). The van der Waals surface area contributed by atoms with Gasteiger partial charge in [-0.1, -0.05) is 29.3 Å². The Hall–Kier alpha value is -1.47. The first kappa shape index (κ1) is 15.9. The predicted molar refractivity (Wildman–Crippen MR) is 86.9 cm³/mol. The molecule has 0 aromatic heterocycles. The number of nitrogens with two attached hydrogens (primary N) is 1. The van der Waals surface area contributed by atoms with E-state index in [1.807, 2.05) is 0 Å². The van der Waals surface area contributed by atoms with Gasteiger partial charge in [-0.25, -0.2) is 0 Å². The van der Waals surface area contributed by atoms with E-state index in [0.29, 0.717) is 15.8 Å². The van der Waals surface area contributed by atoms with E-state index >= 15 is 0 Å². The molecule has 110 valence electrons. The fourth-order valence-electron chi connectivity index (χ4n) is 1.69. The largest absolute Gasteiger partial charge is 0.318 e. The third-order valence-electron chi connectivity index (χ3n) is 2.70. The van der Waals surface area contributed by atoms with Gasteiger partial charge in [-0.3, -0.25) is 16.0 Å². The Morgan fingerprint density at radius 1 is 1.24 bits per heavy atom. The molecule has 0 saturated carbocycles. The van der Waals surface area contributed by atoms with Crippen LogP contribution in [-0.2, 0) is 5.75 Å². The molecule has 8 heteroatoms. The van der Waals surface area contributed by atoms with Crippen LogP contribution in [0.4, 0.5) is 11.4 Å². The van der Waals surface area contributed by atoms with Gasteiger partial charge in [0.05, 0.1) is 9.95 Å². The Morgan fingerprint density at radius 3 is 2.67 bits per heavy atom. The van der Waals surface area contributed by atoms with Crippen LogP contribution in [0.5, 0.6) is 0 Å². The van der Waals surface area contributed by atoms with Gasteiger partial charge in [-0.05, 0) is 29.8 Å². The van der Waals surface area contributed by atoms with E-state index in [1.54, 1.807) is 30.3 Å². The number of anilines is 1. The third-order valence-corrected chi connectivity index (χ3v) is 4.51. The van der Waals surface area contributed by atoms with Gasteiger partial charge >= 0.3 is 0 Å². The van der Waals surface area contributed by atoms with Crippen molar-refractivity contribution in [2.45, 2.75) is 10.6 Å². The van der Waals surface area contributed by atoms with E-state index in [9.17, 15) is 10.1 Å². The van der Waals surface area contributed by atoms with Crippen molar-refractivity contribution in [3.8, 4) is 0 Å². The highest BCUT2D eigenvalue weighted by molar-refractivity contribution is 7.98. The fourth-order valence-corrected chi connectivity index (χ4v) is 3.12. The second-order valence-corrected chi connectivity index (χ2v) is 5.98. The molecule has 0 saturated heterocycles. The second kappa shape index (κ2) is 7.00. The van der Waals surface area contributed by atoms with Crippen molar-refractivity contribution in [3.63, 3.8) is 0 Å². The van der Waals surface area contributed by atoms with Gasteiger partial charge < -0.3 is 5.43 Å². The van der Waals surface area contributed by atoms with Crippen LogP contribution in [0.15, 0.2) is 41.3 Å². The number of hydrogen-bond acceptors (Lipinski definition) is 5. The van der Waals surface area contributed by atoms with Crippen molar-refractivity contribution in [2.75, 3.05) is 5.43 Å². The summed E-state index contributed by atoms with van der Waals surface area (Å²) in [5, 5.41) is 12.2. The molecule has 0 atom stereocenters. The molecule has 2 aromatic carbocycles. The van der Waals surface area contributed by atoms with Gasteiger partial charge in [0, 0.05) is 21.7 Å². The Kier molecular flexibility index (Phi) is 5.30. The summed E-state index contributed by atoms with van der Waals surface area (Å²) in [6, 6.07) is 10.0. The first-order chi connectivity index (χ1) is 10.0. The second-order valence-electron chi connectivity index (χ2n) is 4.12. The number of hydrogen-bond donors (Lipinski definition) is 2. The average molecular weight is 344 g/mol. The Morgan fingerprint density at radius 2 is 2.00 bits per heavy atom. The number of halogens is 2. The lowest BCUT2D eigenvalue weighted by Gasteiger charge is -2.07. The summed E-state index contributed by atoms with van der Waals surface area (Å²) >= 11 is 13.5. The predicted octanol–water partition coefficient (Wildman–Crippen LogP) is 4.48. The highest BCUT2D eigenvalue weighted by Crippen LogP contribution is 2.33. The minimum absolute atomic E-state index is 0.0622. The standard InChI is InChI=1S/C13H11Cl2N3O2S/c14-9-2-3-10(15)13(6-9)21-7-8-1-4-11(17-16)12(5-8)18(19)20/h1-6,17H,7,16H2. The number of nitrogen functional groups attached to an aromatic ring is 1. The van der Waals surface area contributed by atoms with Crippen LogP contribution in [-0.4, -0.2) is 4.92 Å². The molecular weight excluding hydrogens is 333 g/mol. The molecule has 0 heterocycles. The van der Waals surface area contributed by atoms with Crippen LogP contribution in [0.3, 0.4) is 0 Å². The van der Waals surface area contributed by atoms with Crippen molar-refractivity contribution in [1.29, 1.82) is 0 Å². The number of rotatable bonds is 5. The lowest BCUT2D eigenvalue weighted by molar-refractivity contribution is -0.384. The lowest BCUT2D eigenvalue weighted by Crippen LogP contribution is -2.09. The molecule has 0 amide bonds. The molecule has 0 spiro atoms. The highest BCUT2D eigenvalue weighted by Gasteiger charge is 2.14. The first-order valence-electron chi connectivity index (χ1n) is 5.83. The van der Waals surface area contributed by atoms with E-state index in [-0.39, 0.29) is 11.4 Å². The van der Waals surface area contributed by atoms with Crippen molar-refractivity contribution in [3.05, 3.63) is 62.1 Å². The molecular formula is C13H11Cl2N3O2S. The zero-order valence-corrected chi connectivity index (χ0v) is 13.0. The monoisotopic (exact) mass is 343 g/mol. The maximum Gasteiger partial charge on any atom is 0.293 e. The molecule has 0 aliphatic rings. The smallest absolute Gasteiger partial charge is 0.293 e. The lowest BCUT2D eigenvalue weighted by atomic mass is 10.2. The molecule has 0 fully saturated rings. The average Bonchev–Trinajstić information content (AvgIpc) is 2.47. The SMILES string of the molecule is NNc1ccc(CSc2cc(Cl)ccc2Cl)cc1[N+](=O)[O-]. The molecule has 0 aliphatic carbocycles. The molecule has 2 aromatic rings. The maximum absolute atomic E-state index is 11.0. The van der Waals surface area contributed by atoms with Gasteiger partial charge in [-0.15, -0.1) is 11.8 Å². The zero-order chi connectivity index (χ0) is 15.4. The van der Waals surface area contributed by atoms with Crippen LogP contribution in [0.2, 0.25) is 10.0 Å². The van der Waals surface area contributed by atoms with Crippen molar-refractivity contribution in [2.24, 2.45) is 5.84 Å². The number of nitrogens with one attached hydrogen (secondary N) is 1. The highest BCUT2D eigenvalue weighted by atomic mass is 35.5. The van der Waals surface area contributed by atoms with Gasteiger partial charge in [0.25, 0.3) is 5.69 Å². The molecule has 3 N–H and O–H groups in total. The van der Waals surface area contributed by atoms with Crippen molar-refractivity contribution >= 4 is 46.3 Å². The Balaban J connectivity index is 2.18. The normalized spacial score (nSPS) is 10.4. The molecule has 0 aliphatic heterocycles. The molecule has 0 radical (unpaired) electrons. The Bertz CT molecular complexity index is 682. The molecule has 5 nitrogen and oxygen atoms in total. The van der Waals surface area contributed by atoms with Gasteiger partial charge in [-0.2, -0.15) is 0 Å².